The maximum atomic E-state index is 12.1. The Balaban J connectivity index is 1.74. The summed E-state index contributed by atoms with van der Waals surface area (Å²) in [6, 6.07) is -0.339. The van der Waals surface area contributed by atoms with Crippen molar-refractivity contribution in [1.82, 2.24) is 15.1 Å². The molecule has 108 valence electrons. The molecular weight excluding hydrogens is 242 g/mol. The first-order chi connectivity index (χ1) is 9.09. The van der Waals surface area contributed by atoms with Crippen molar-refractivity contribution < 1.29 is 9.59 Å². The van der Waals surface area contributed by atoms with Crippen LogP contribution in [0.2, 0.25) is 0 Å². The van der Waals surface area contributed by atoms with Gasteiger partial charge in [0.2, 0.25) is 11.8 Å². The fourth-order valence-electron chi connectivity index (χ4n) is 2.93. The molecule has 2 aliphatic heterocycles. The summed E-state index contributed by atoms with van der Waals surface area (Å²) in [6.07, 6.45) is 4.21. The van der Waals surface area contributed by atoms with Crippen molar-refractivity contribution in [2.45, 2.75) is 51.6 Å². The van der Waals surface area contributed by atoms with Crippen LogP contribution in [0.25, 0.3) is 0 Å². The maximum Gasteiger partial charge on any atom is 0.247 e. The summed E-state index contributed by atoms with van der Waals surface area (Å²) >= 11 is 0. The molecule has 0 radical (unpaired) electrons. The second-order valence-electron chi connectivity index (χ2n) is 5.81. The lowest BCUT2D eigenvalue weighted by Crippen LogP contribution is -2.44. The molecule has 0 saturated carbocycles. The van der Waals surface area contributed by atoms with E-state index < -0.39 is 0 Å². The van der Waals surface area contributed by atoms with Gasteiger partial charge in [-0.25, -0.2) is 0 Å². The molecule has 2 saturated heterocycles. The third kappa shape index (κ3) is 3.54. The molecule has 1 atom stereocenters. The monoisotopic (exact) mass is 267 g/mol. The highest BCUT2D eigenvalue weighted by Crippen LogP contribution is 2.16. The van der Waals surface area contributed by atoms with Crippen LogP contribution in [0.4, 0.5) is 0 Å². The third-order valence-corrected chi connectivity index (χ3v) is 3.97. The van der Waals surface area contributed by atoms with E-state index in [-0.39, 0.29) is 23.9 Å². The Morgan fingerprint density at radius 1 is 1.21 bits per heavy atom. The summed E-state index contributed by atoms with van der Waals surface area (Å²) in [4.78, 5) is 27.6. The molecule has 0 spiro atoms. The maximum absolute atomic E-state index is 12.1. The van der Waals surface area contributed by atoms with Crippen LogP contribution < -0.4 is 5.32 Å². The lowest BCUT2D eigenvalue weighted by Gasteiger charge is -2.27. The molecular formula is C14H25N3O2. The summed E-state index contributed by atoms with van der Waals surface area (Å²) in [6.45, 7) is 7.85. The Bertz CT molecular complexity index is 338. The molecule has 19 heavy (non-hydrogen) atoms. The molecule has 2 rings (SSSR count). The number of likely N-dealkylation sites (tertiary alicyclic amines) is 2. The third-order valence-electron chi connectivity index (χ3n) is 3.97. The van der Waals surface area contributed by atoms with Crippen molar-refractivity contribution in [1.29, 1.82) is 0 Å². The molecule has 5 heteroatoms. The van der Waals surface area contributed by atoms with E-state index in [0.717, 1.165) is 26.2 Å². The second-order valence-corrected chi connectivity index (χ2v) is 5.81. The fourth-order valence-corrected chi connectivity index (χ4v) is 2.93. The quantitative estimate of drug-likeness (QED) is 0.741. The van der Waals surface area contributed by atoms with Gasteiger partial charge < -0.3 is 10.2 Å². The van der Waals surface area contributed by atoms with E-state index in [1.165, 1.54) is 24.2 Å². The first-order valence-electron chi connectivity index (χ1n) is 7.41. The molecule has 0 bridgehead atoms. The highest BCUT2D eigenvalue weighted by Gasteiger charge is 2.39. The average Bonchev–Trinajstić information content (AvgIpc) is 2.66. The van der Waals surface area contributed by atoms with Gasteiger partial charge in [0.1, 0.15) is 0 Å². The number of imide groups is 1. The van der Waals surface area contributed by atoms with Crippen LogP contribution in [0.1, 0.15) is 39.5 Å². The van der Waals surface area contributed by atoms with Crippen molar-refractivity contribution in [3.8, 4) is 0 Å². The fraction of sp³-hybridized carbons (Fsp3) is 0.857. The zero-order chi connectivity index (χ0) is 13.8. The summed E-state index contributed by atoms with van der Waals surface area (Å²) in [5.74, 6) is -0.103. The minimum absolute atomic E-state index is 0.0334. The van der Waals surface area contributed by atoms with Gasteiger partial charge in [-0.3, -0.25) is 14.5 Å². The van der Waals surface area contributed by atoms with E-state index >= 15 is 0 Å². The van der Waals surface area contributed by atoms with Gasteiger partial charge in [-0.05, 0) is 39.8 Å². The van der Waals surface area contributed by atoms with Gasteiger partial charge in [0.05, 0.1) is 12.5 Å². The van der Waals surface area contributed by atoms with E-state index in [1.807, 2.05) is 13.8 Å². The van der Waals surface area contributed by atoms with Crippen molar-refractivity contribution >= 4 is 11.8 Å². The summed E-state index contributed by atoms with van der Waals surface area (Å²) < 4.78 is 0. The molecule has 5 nitrogen and oxygen atoms in total. The number of hydrogen-bond acceptors (Lipinski definition) is 4. The first-order valence-corrected chi connectivity index (χ1v) is 7.41. The van der Waals surface area contributed by atoms with E-state index in [9.17, 15) is 9.59 Å². The Labute approximate surface area is 115 Å². The first kappa shape index (κ1) is 14.5. The van der Waals surface area contributed by atoms with Crippen LogP contribution in [0.3, 0.4) is 0 Å². The van der Waals surface area contributed by atoms with Crippen LogP contribution in [0, 0.1) is 0 Å². The smallest absolute Gasteiger partial charge is 0.247 e. The van der Waals surface area contributed by atoms with Crippen LogP contribution in [0.5, 0.6) is 0 Å². The molecule has 1 N–H and O–H groups in total. The van der Waals surface area contributed by atoms with Gasteiger partial charge in [0, 0.05) is 19.1 Å². The molecule has 2 amide bonds. The molecule has 2 aliphatic rings. The minimum atomic E-state index is -0.306. The van der Waals surface area contributed by atoms with Gasteiger partial charge in [-0.1, -0.05) is 6.42 Å². The zero-order valence-corrected chi connectivity index (χ0v) is 12.0. The Morgan fingerprint density at radius 2 is 1.89 bits per heavy atom. The SMILES string of the molecule is CC(C)N1C(=O)CC(NCCN2CCCCC2)C1=O. The Kier molecular flexibility index (Phi) is 4.93. The number of piperidine rings is 1. The van der Waals surface area contributed by atoms with Crippen molar-refractivity contribution in [2.24, 2.45) is 0 Å². The average molecular weight is 267 g/mol. The van der Waals surface area contributed by atoms with Gasteiger partial charge >= 0.3 is 0 Å². The molecule has 2 fully saturated rings. The van der Waals surface area contributed by atoms with E-state index in [0.29, 0.717) is 6.42 Å². The standard InChI is InChI=1S/C14H25N3O2/c1-11(2)17-13(18)10-12(14(17)19)15-6-9-16-7-4-3-5-8-16/h11-12,15H,3-10H2,1-2H3. The Hall–Kier alpha value is -0.940. The van der Waals surface area contributed by atoms with Crippen LogP contribution >= 0.6 is 0 Å². The molecule has 0 aromatic rings. The lowest BCUT2D eigenvalue weighted by molar-refractivity contribution is -0.140. The van der Waals surface area contributed by atoms with Crippen LogP contribution in [-0.2, 0) is 9.59 Å². The lowest BCUT2D eigenvalue weighted by atomic mass is 10.1. The number of carbonyl (C=O) groups excluding carboxylic acids is 2. The van der Waals surface area contributed by atoms with Crippen molar-refractivity contribution in [3.63, 3.8) is 0 Å². The van der Waals surface area contributed by atoms with Crippen molar-refractivity contribution in [2.75, 3.05) is 26.2 Å². The predicted octanol–water partition coefficient (Wildman–Crippen LogP) is 0.598. The van der Waals surface area contributed by atoms with Gasteiger partial charge in [-0.15, -0.1) is 0 Å². The molecule has 0 aromatic carbocycles. The van der Waals surface area contributed by atoms with Crippen LogP contribution in [-0.4, -0.2) is 59.9 Å². The minimum Gasteiger partial charge on any atom is -0.304 e. The predicted molar refractivity (Wildman–Crippen MR) is 73.7 cm³/mol. The summed E-state index contributed by atoms with van der Waals surface area (Å²) in [5.41, 5.74) is 0. The number of carbonyl (C=O) groups is 2. The highest BCUT2D eigenvalue weighted by molar-refractivity contribution is 6.05. The molecule has 2 heterocycles. The van der Waals surface area contributed by atoms with E-state index in [2.05, 4.69) is 10.2 Å². The number of hydrogen-bond donors (Lipinski definition) is 1. The van der Waals surface area contributed by atoms with Crippen LogP contribution in [0.15, 0.2) is 0 Å². The van der Waals surface area contributed by atoms with E-state index in [4.69, 9.17) is 0 Å². The second kappa shape index (κ2) is 6.48. The zero-order valence-electron chi connectivity index (χ0n) is 12.0. The van der Waals surface area contributed by atoms with Gasteiger partial charge in [-0.2, -0.15) is 0 Å². The number of rotatable bonds is 5. The Morgan fingerprint density at radius 3 is 2.47 bits per heavy atom. The summed E-state index contributed by atoms with van der Waals surface area (Å²) in [7, 11) is 0. The van der Waals surface area contributed by atoms with Gasteiger partial charge in [0.25, 0.3) is 0 Å². The number of amides is 2. The van der Waals surface area contributed by atoms with E-state index in [1.54, 1.807) is 0 Å². The molecule has 1 unspecified atom stereocenters. The number of nitrogens with zero attached hydrogens (tertiary/aromatic N) is 2. The normalized spacial score (nSPS) is 25.6. The highest BCUT2D eigenvalue weighted by atomic mass is 16.2. The topological polar surface area (TPSA) is 52.7 Å². The largest absolute Gasteiger partial charge is 0.304 e. The molecule has 0 aliphatic carbocycles. The summed E-state index contributed by atoms with van der Waals surface area (Å²) in [5, 5.41) is 3.24. The molecule has 0 aromatic heterocycles. The van der Waals surface area contributed by atoms with Gasteiger partial charge in [0.15, 0.2) is 0 Å². The van der Waals surface area contributed by atoms with Crippen molar-refractivity contribution in [3.05, 3.63) is 0 Å². The number of nitrogens with one attached hydrogen (secondary N) is 1.